The summed E-state index contributed by atoms with van der Waals surface area (Å²) in [5.41, 5.74) is 13.2. The Bertz CT molecular complexity index is 550. The van der Waals surface area contributed by atoms with E-state index in [1.54, 1.807) is 4.90 Å². The molecule has 0 saturated heterocycles. The molecule has 2 amide bonds. The van der Waals surface area contributed by atoms with E-state index in [1.807, 2.05) is 31.2 Å². The number of amides is 2. The van der Waals surface area contributed by atoms with E-state index in [-0.39, 0.29) is 36.7 Å². The Balaban J connectivity index is 0.00000264. The maximum atomic E-state index is 12.7. The number of carbonyl (C=O) groups is 2. The van der Waals surface area contributed by atoms with Crippen LogP contribution in [-0.2, 0) is 9.59 Å². The van der Waals surface area contributed by atoms with Crippen molar-refractivity contribution in [2.24, 2.45) is 17.4 Å². The Morgan fingerprint density at radius 3 is 2.61 bits per heavy atom. The smallest absolute Gasteiger partial charge is 0.227 e. The molecule has 2 rings (SSSR count). The number of nitrogens with two attached hydrogens (primary N) is 2. The van der Waals surface area contributed by atoms with E-state index < -0.39 is 5.91 Å². The molecule has 4 N–H and O–H groups in total. The molecule has 0 bridgehead atoms. The first-order valence-electron chi connectivity index (χ1n) is 7.88. The van der Waals surface area contributed by atoms with Crippen LogP contribution in [0.5, 0.6) is 0 Å². The highest BCUT2D eigenvalue weighted by Gasteiger charge is 2.28. The van der Waals surface area contributed by atoms with Crippen LogP contribution in [0.2, 0.25) is 0 Å². The van der Waals surface area contributed by atoms with Crippen molar-refractivity contribution in [3.05, 3.63) is 29.8 Å². The van der Waals surface area contributed by atoms with Gasteiger partial charge < -0.3 is 16.4 Å². The summed E-state index contributed by atoms with van der Waals surface area (Å²) in [5, 5.41) is 0. The molecule has 1 aliphatic carbocycles. The molecule has 128 valence electrons. The van der Waals surface area contributed by atoms with Crippen molar-refractivity contribution in [2.45, 2.75) is 45.1 Å². The number of primary amides is 1. The van der Waals surface area contributed by atoms with Crippen LogP contribution in [0.15, 0.2) is 24.3 Å². The first-order chi connectivity index (χ1) is 10.5. The highest BCUT2D eigenvalue weighted by molar-refractivity contribution is 5.94. The number of carbonyl (C=O) groups excluding carboxylic acids is 2. The standard InChI is InChI=1S/C17H25N3O2.ClH/c1-12-4-2-6-14(10-12)20(9-8-16(19)21)17(22)11-13-5-3-7-15(13)18;/h2,4,6,10,13,15H,3,5,7-9,11,18H2,1H3,(H2,19,21);1H/t13-,15+;/m0./s1. The normalized spacial score (nSPS) is 19.9. The summed E-state index contributed by atoms with van der Waals surface area (Å²) in [6.45, 7) is 2.30. The third-order valence-corrected chi connectivity index (χ3v) is 4.35. The topological polar surface area (TPSA) is 89.4 Å². The number of aryl methyl sites for hydroxylation is 1. The highest BCUT2D eigenvalue weighted by atomic mass is 35.5. The maximum Gasteiger partial charge on any atom is 0.227 e. The maximum absolute atomic E-state index is 12.7. The molecule has 0 aromatic heterocycles. The van der Waals surface area contributed by atoms with Crippen LogP contribution in [0.4, 0.5) is 5.69 Å². The summed E-state index contributed by atoms with van der Waals surface area (Å²) in [6.07, 6.45) is 3.68. The number of rotatable bonds is 6. The van der Waals surface area contributed by atoms with Gasteiger partial charge in [0.05, 0.1) is 0 Å². The van der Waals surface area contributed by atoms with Gasteiger partial charge in [-0.3, -0.25) is 9.59 Å². The molecule has 23 heavy (non-hydrogen) atoms. The van der Waals surface area contributed by atoms with Crippen molar-refractivity contribution in [3.8, 4) is 0 Å². The Labute approximate surface area is 143 Å². The molecular formula is C17H26ClN3O2. The number of benzene rings is 1. The van der Waals surface area contributed by atoms with Crippen molar-refractivity contribution in [1.82, 2.24) is 0 Å². The zero-order valence-corrected chi connectivity index (χ0v) is 14.3. The van der Waals surface area contributed by atoms with Crippen molar-refractivity contribution in [2.75, 3.05) is 11.4 Å². The van der Waals surface area contributed by atoms with Gasteiger partial charge in [-0.15, -0.1) is 12.4 Å². The van der Waals surface area contributed by atoms with Gasteiger partial charge in [0.15, 0.2) is 0 Å². The number of hydrogen-bond donors (Lipinski definition) is 2. The van der Waals surface area contributed by atoms with Crippen LogP contribution < -0.4 is 16.4 Å². The fourth-order valence-corrected chi connectivity index (χ4v) is 3.07. The number of halogens is 1. The first kappa shape index (κ1) is 19.5. The largest absolute Gasteiger partial charge is 0.370 e. The minimum Gasteiger partial charge on any atom is -0.370 e. The van der Waals surface area contributed by atoms with Gasteiger partial charge in [0.1, 0.15) is 0 Å². The monoisotopic (exact) mass is 339 g/mol. The Morgan fingerprint density at radius 2 is 2.04 bits per heavy atom. The minimum absolute atomic E-state index is 0. The second kappa shape index (κ2) is 8.89. The third kappa shape index (κ3) is 5.52. The fourth-order valence-electron chi connectivity index (χ4n) is 3.07. The minimum atomic E-state index is -0.400. The molecule has 1 aromatic carbocycles. The van der Waals surface area contributed by atoms with E-state index in [1.165, 1.54) is 0 Å². The molecule has 1 fully saturated rings. The average molecular weight is 340 g/mol. The van der Waals surface area contributed by atoms with Crippen LogP contribution in [0.25, 0.3) is 0 Å². The molecule has 0 aliphatic heterocycles. The summed E-state index contributed by atoms with van der Waals surface area (Å²) in [4.78, 5) is 25.4. The van der Waals surface area contributed by atoms with Gasteiger partial charge in [0.2, 0.25) is 11.8 Å². The summed E-state index contributed by atoms with van der Waals surface area (Å²) >= 11 is 0. The van der Waals surface area contributed by atoms with Gasteiger partial charge in [-0.05, 0) is 43.4 Å². The van der Waals surface area contributed by atoms with Gasteiger partial charge in [0, 0.05) is 31.1 Å². The van der Waals surface area contributed by atoms with Crippen molar-refractivity contribution >= 4 is 29.9 Å². The van der Waals surface area contributed by atoms with Crippen LogP contribution in [0.1, 0.15) is 37.7 Å². The molecule has 0 unspecified atom stereocenters. The van der Waals surface area contributed by atoms with Crippen molar-refractivity contribution in [1.29, 1.82) is 0 Å². The summed E-state index contributed by atoms with van der Waals surface area (Å²) in [5.74, 6) is -0.134. The highest BCUT2D eigenvalue weighted by Crippen LogP contribution is 2.28. The van der Waals surface area contributed by atoms with Crippen molar-refractivity contribution < 1.29 is 9.59 Å². The summed E-state index contributed by atoms with van der Waals surface area (Å²) in [6, 6.07) is 7.84. The number of nitrogens with zero attached hydrogens (tertiary/aromatic N) is 1. The predicted molar refractivity (Wildman–Crippen MR) is 94.5 cm³/mol. The second-order valence-corrected chi connectivity index (χ2v) is 6.16. The molecule has 0 radical (unpaired) electrons. The van der Waals surface area contributed by atoms with Gasteiger partial charge in [-0.2, -0.15) is 0 Å². The molecule has 1 saturated carbocycles. The SMILES string of the molecule is Cc1cccc(N(CCC(N)=O)C(=O)C[C@@H]2CCC[C@H]2N)c1.Cl. The van der Waals surface area contributed by atoms with Crippen LogP contribution in [0.3, 0.4) is 0 Å². The molecule has 2 atom stereocenters. The first-order valence-corrected chi connectivity index (χ1v) is 7.88. The van der Waals surface area contributed by atoms with E-state index in [4.69, 9.17) is 11.5 Å². The molecule has 1 aromatic rings. The van der Waals surface area contributed by atoms with Gasteiger partial charge >= 0.3 is 0 Å². The predicted octanol–water partition coefficient (Wildman–Crippen LogP) is 2.14. The van der Waals surface area contributed by atoms with Crippen LogP contribution in [-0.4, -0.2) is 24.4 Å². The van der Waals surface area contributed by atoms with Crippen molar-refractivity contribution in [3.63, 3.8) is 0 Å². The lowest BCUT2D eigenvalue weighted by Crippen LogP contribution is -2.37. The molecule has 5 nitrogen and oxygen atoms in total. The van der Waals surface area contributed by atoms with E-state index in [2.05, 4.69) is 0 Å². The lowest BCUT2D eigenvalue weighted by molar-refractivity contribution is -0.120. The van der Waals surface area contributed by atoms with Crippen LogP contribution in [0, 0.1) is 12.8 Å². The van der Waals surface area contributed by atoms with E-state index in [0.717, 1.165) is 30.5 Å². The number of hydrogen-bond acceptors (Lipinski definition) is 3. The molecule has 6 heteroatoms. The second-order valence-electron chi connectivity index (χ2n) is 6.16. The average Bonchev–Trinajstić information content (AvgIpc) is 2.84. The fraction of sp³-hybridized carbons (Fsp3) is 0.529. The summed E-state index contributed by atoms with van der Waals surface area (Å²) in [7, 11) is 0. The van der Waals surface area contributed by atoms with Gasteiger partial charge in [0.25, 0.3) is 0 Å². The van der Waals surface area contributed by atoms with E-state index in [9.17, 15) is 9.59 Å². The Morgan fingerprint density at radius 1 is 1.30 bits per heavy atom. The van der Waals surface area contributed by atoms with E-state index in [0.29, 0.717) is 13.0 Å². The third-order valence-electron chi connectivity index (χ3n) is 4.35. The van der Waals surface area contributed by atoms with Gasteiger partial charge in [-0.25, -0.2) is 0 Å². The zero-order chi connectivity index (χ0) is 16.1. The molecule has 0 heterocycles. The summed E-state index contributed by atoms with van der Waals surface area (Å²) < 4.78 is 0. The Hall–Kier alpha value is -1.59. The lowest BCUT2D eigenvalue weighted by atomic mass is 9.99. The van der Waals surface area contributed by atoms with E-state index >= 15 is 0 Å². The molecular weight excluding hydrogens is 314 g/mol. The lowest BCUT2D eigenvalue weighted by Gasteiger charge is -2.25. The number of anilines is 1. The quantitative estimate of drug-likeness (QED) is 0.832. The van der Waals surface area contributed by atoms with Crippen LogP contribution >= 0.6 is 12.4 Å². The molecule has 0 spiro atoms. The Kier molecular flexibility index (Phi) is 7.52. The van der Waals surface area contributed by atoms with Gasteiger partial charge in [-0.1, -0.05) is 18.6 Å². The molecule has 1 aliphatic rings. The zero-order valence-electron chi connectivity index (χ0n) is 13.5.